The van der Waals surface area contributed by atoms with Crippen molar-refractivity contribution in [3.05, 3.63) is 41.5 Å². The van der Waals surface area contributed by atoms with Gasteiger partial charge in [-0.3, -0.25) is 9.59 Å². The van der Waals surface area contributed by atoms with Crippen LogP contribution in [0.4, 0.5) is 17.6 Å². The second-order valence-electron chi connectivity index (χ2n) is 11.0. The molecule has 1 amide bonds. The second-order valence-corrected chi connectivity index (χ2v) is 11.0. The van der Waals surface area contributed by atoms with Gasteiger partial charge >= 0.3 is 18.9 Å². The van der Waals surface area contributed by atoms with Gasteiger partial charge in [-0.15, -0.1) is 8.78 Å². The van der Waals surface area contributed by atoms with Gasteiger partial charge in [-0.2, -0.15) is 8.78 Å². The van der Waals surface area contributed by atoms with Crippen LogP contribution in [0.25, 0.3) is 0 Å². The van der Waals surface area contributed by atoms with E-state index >= 15 is 0 Å². The van der Waals surface area contributed by atoms with Crippen LogP contribution in [0.2, 0.25) is 0 Å². The Morgan fingerprint density at radius 3 is 2.41 bits per heavy atom. The molecule has 6 rings (SSSR count). The van der Waals surface area contributed by atoms with Crippen LogP contribution in [0.1, 0.15) is 56.2 Å². The molecule has 13 heteroatoms. The van der Waals surface area contributed by atoms with E-state index in [1.165, 1.54) is 24.3 Å². The van der Waals surface area contributed by atoms with Gasteiger partial charge in [0.2, 0.25) is 5.91 Å². The number of hydrogen-bond acceptors (Lipinski definition) is 7. The molecule has 3 aliphatic heterocycles. The third kappa shape index (κ3) is 5.06. The predicted molar refractivity (Wildman–Crippen MR) is 132 cm³/mol. The first-order valence-electron chi connectivity index (χ1n) is 13.3. The number of carboxylic acids is 1. The summed E-state index contributed by atoms with van der Waals surface area (Å²) < 4.78 is 78.5. The highest BCUT2D eigenvalue weighted by Gasteiger charge is 2.49. The maximum Gasteiger partial charge on any atom is 0.586 e. The number of amides is 1. The van der Waals surface area contributed by atoms with Crippen molar-refractivity contribution in [2.75, 3.05) is 6.61 Å². The van der Waals surface area contributed by atoms with Gasteiger partial charge in [0.15, 0.2) is 11.5 Å². The molecule has 1 fully saturated rings. The number of benzene rings is 2. The van der Waals surface area contributed by atoms with E-state index in [4.69, 9.17) is 9.47 Å². The number of carbonyl (C=O) groups excluding carboxylic acids is 1. The van der Waals surface area contributed by atoms with Crippen molar-refractivity contribution in [1.82, 2.24) is 5.32 Å². The van der Waals surface area contributed by atoms with Crippen LogP contribution in [-0.2, 0) is 15.0 Å². The van der Waals surface area contributed by atoms with E-state index in [-0.39, 0.29) is 41.3 Å². The summed E-state index contributed by atoms with van der Waals surface area (Å²) in [6.07, 6.45) is -1.72. The summed E-state index contributed by atoms with van der Waals surface area (Å²) in [4.78, 5) is 25.2. The quantitative estimate of drug-likeness (QED) is 0.450. The Balaban J connectivity index is 1.26. The lowest BCUT2D eigenvalue weighted by Gasteiger charge is -2.39. The fraction of sp³-hybridized carbons (Fsp3) is 0.500. The molecule has 3 heterocycles. The van der Waals surface area contributed by atoms with Gasteiger partial charge < -0.3 is 34.1 Å². The van der Waals surface area contributed by atoms with Crippen molar-refractivity contribution in [1.29, 1.82) is 0 Å². The molecule has 2 N–H and O–H groups in total. The Morgan fingerprint density at radius 2 is 1.73 bits per heavy atom. The third-order valence-electron chi connectivity index (χ3n) is 8.40. The largest absolute Gasteiger partial charge is 0.586 e. The summed E-state index contributed by atoms with van der Waals surface area (Å²) in [5.41, 5.74) is -0.354. The van der Waals surface area contributed by atoms with Crippen molar-refractivity contribution < 1.29 is 55.9 Å². The number of fused-ring (bicyclic) bond motifs is 3. The second kappa shape index (κ2) is 9.88. The highest BCUT2D eigenvalue weighted by Crippen LogP contribution is 2.50. The fourth-order valence-electron chi connectivity index (χ4n) is 6.15. The van der Waals surface area contributed by atoms with Gasteiger partial charge in [0.25, 0.3) is 0 Å². The van der Waals surface area contributed by atoms with E-state index in [1.54, 1.807) is 13.0 Å². The molecular formula is C28H27F4NO8. The van der Waals surface area contributed by atoms with Crippen molar-refractivity contribution in [3.63, 3.8) is 0 Å². The highest BCUT2D eigenvalue weighted by molar-refractivity contribution is 5.90. The smallest absolute Gasteiger partial charge is 0.492 e. The summed E-state index contributed by atoms with van der Waals surface area (Å²) in [6, 6.07) is 6.26. The summed E-state index contributed by atoms with van der Waals surface area (Å²) in [5, 5.41) is 12.4. The van der Waals surface area contributed by atoms with Gasteiger partial charge in [0, 0.05) is 29.7 Å². The SMILES string of the molecule is C[C@]1(C(=O)N[C@H]2C[C@@H](C3CCC(C(=O)O)CC3)Oc3cc(OC(F)F)ccc32)COc2cc3c(cc21)OC(F)(F)O3. The summed E-state index contributed by atoms with van der Waals surface area (Å²) in [6.45, 7) is -1.47. The van der Waals surface area contributed by atoms with E-state index in [0.717, 1.165) is 0 Å². The molecule has 0 bridgehead atoms. The molecule has 0 unspecified atom stereocenters. The van der Waals surface area contributed by atoms with E-state index in [1.807, 2.05) is 0 Å². The molecule has 2 aromatic rings. The lowest BCUT2D eigenvalue weighted by molar-refractivity contribution is -0.286. The summed E-state index contributed by atoms with van der Waals surface area (Å²) in [5.74, 6) is -1.72. The molecule has 2 aromatic carbocycles. The first-order chi connectivity index (χ1) is 19.4. The zero-order valence-electron chi connectivity index (χ0n) is 21.8. The van der Waals surface area contributed by atoms with E-state index in [0.29, 0.717) is 43.2 Å². The van der Waals surface area contributed by atoms with E-state index in [9.17, 15) is 32.3 Å². The minimum Gasteiger partial charge on any atom is -0.492 e. The van der Waals surface area contributed by atoms with Crippen molar-refractivity contribution in [3.8, 4) is 28.7 Å². The molecule has 4 aliphatic rings. The van der Waals surface area contributed by atoms with Gasteiger partial charge in [0.05, 0.1) is 12.0 Å². The topological polar surface area (TPSA) is 113 Å². The average Bonchev–Trinajstić information content (AvgIpc) is 3.41. The molecule has 41 heavy (non-hydrogen) atoms. The van der Waals surface area contributed by atoms with Crippen LogP contribution in [0.5, 0.6) is 28.7 Å². The third-order valence-corrected chi connectivity index (χ3v) is 8.40. The molecule has 220 valence electrons. The predicted octanol–water partition coefficient (Wildman–Crippen LogP) is 5.16. The Morgan fingerprint density at radius 1 is 1.02 bits per heavy atom. The highest BCUT2D eigenvalue weighted by atomic mass is 19.3. The Hall–Kier alpha value is -3.90. The van der Waals surface area contributed by atoms with Crippen LogP contribution in [0, 0.1) is 11.8 Å². The first kappa shape index (κ1) is 27.3. The number of halogens is 4. The van der Waals surface area contributed by atoms with Gasteiger partial charge in [-0.25, -0.2) is 0 Å². The first-order valence-corrected chi connectivity index (χ1v) is 13.3. The van der Waals surface area contributed by atoms with Gasteiger partial charge in [-0.1, -0.05) is 0 Å². The molecular weight excluding hydrogens is 554 g/mol. The number of aliphatic carboxylic acids is 1. The van der Waals surface area contributed by atoms with Crippen LogP contribution >= 0.6 is 0 Å². The molecule has 3 atom stereocenters. The maximum atomic E-state index is 13.8. The summed E-state index contributed by atoms with van der Waals surface area (Å²) >= 11 is 0. The monoisotopic (exact) mass is 581 g/mol. The number of hydrogen-bond donors (Lipinski definition) is 2. The molecule has 0 aromatic heterocycles. The normalized spacial score (nSPS) is 29.1. The van der Waals surface area contributed by atoms with Gasteiger partial charge in [0.1, 0.15) is 35.4 Å². The number of nitrogens with one attached hydrogen (secondary N) is 1. The van der Waals surface area contributed by atoms with Gasteiger partial charge in [-0.05, 0) is 56.7 Å². The lowest BCUT2D eigenvalue weighted by atomic mass is 9.76. The van der Waals surface area contributed by atoms with E-state index in [2.05, 4.69) is 19.5 Å². The van der Waals surface area contributed by atoms with Crippen LogP contribution in [0.3, 0.4) is 0 Å². The Kier molecular flexibility index (Phi) is 6.57. The fourth-order valence-corrected chi connectivity index (χ4v) is 6.15. The minimum atomic E-state index is -3.83. The lowest BCUT2D eigenvalue weighted by Crippen LogP contribution is -2.47. The Labute approximate surface area is 231 Å². The summed E-state index contributed by atoms with van der Waals surface area (Å²) in [7, 11) is 0. The molecule has 0 saturated heterocycles. The van der Waals surface area contributed by atoms with Crippen molar-refractivity contribution >= 4 is 11.9 Å². The molecule has 1 aliphatic carbocycles. The standard InChI is InChI=1S/C28H27F4NO8/c1-27(12-37-21-11-23-22(9-17(21)27)40-28(31,32)41-23)25(36)33-18-10-19(13-2-4-14(5-3-13)24(34)35)39-20-8-15(38-26(29)30)6-7-16(18)20/h6-9,11,13-14,18-19,26H,2-5,10,12H2,1H3,(H,33,36)(H,34,35)/t13?,14?,18-,19-,27-/m0/s1. The maximum absolute atomic E-state index is 13.8. The minimum absolute atomic E-state index is 0.00893. The molecule has 0 radical (unpaired) electrons. The number of ether oxygens (including phenoxy) is 5. The zero-order chi connectivity index (χ0) is 29.1. The van der Waals surface area contributed by atoms with E-state index < -0.39 is 48.3 Å². The number of carboxylic acid groups (broad SMARTS) is 1. The van der Waals surface area contributed by atoms with Crippen LogP contribution in [-0.4, -0.2) is 42.6 Å². The zero-order valence-corrected chi connectivity index (χ0v) is 21.8. The Bertz CT molecular complexity index is 1380. The van der Waals surface area contributed by atoms with Crippen molar-refractivity contribution in [2.24, 2.45) is 11.8 Å². The van der Waals surface area contributed by atoms with Crippen LogP contribution in [0.15, 0.2) is 30.3 Å². The molecule has 9 nitrogen and oxygen atoms in total. The number of carbonyl (C=O) groups is 2. The van der Waals surface area contributed by atoms with Crippen molar-refractivity contribution in [2.45, 2.75) is 69.5 Å². The molecule has 0 spiro atoms. The average molecular weight is 582 g/mol. The van der Waals surface area contributed by atoms with Crippen LogP contribution < -0.4 is 29.0 Å². The number of rotatable bonds is 6. The number of alkyl halides is 4. The molecule has 1 saturated carbocycles.